The molecule has 128 valence electrons. The third-order valence-electron chi connectivity index (χ3n) is 5.18. The molecule has 0 fully saturated rings. The molecule has 4 nitrogen and oxygen atoms in total. The van der Waals surface area contributed by atoms with Gasteiger partial charge in [0.2, 0.25) is 0 Å². The first-order valence-electron chi connectivity index (χ1n) is 8.71. The van der Waals surface area contributed by atoms with Crippen LogP contribution in [0.1, 0.15) is 46.8 Å². The molecule has 4 rings (SSSR count). The SMILES string of the molecule is CCOc1cccc2c1N[C@@H](c1ccc(C(=O)O)cc1)[C@@H]1CC=C[C@H]21. The second-order valence-electron chi connectivity index (χ2n) is 6.56. The summed E-state index contributed by atoms with van der Waals surface area (Å²) in [5.74, 6) is 0.777. The molecular formula is C21H21NO3. The fourth-order valence-electron chi connectivity index (χ4n) is 4.03. The van der Waals surface area contributed by atoms with Crippen LogP contribution in [0, 0.1) is 5.92 Å². The van der Waals surface area contributed by atoms with Gasteiger partial charge in [0, 0.05) is 5.92 Å². The van der Waals surface area contributed by atoms with Crippen molar-refractivity contribution in [2.75, 3.05) is 11.9 Å². The maximum absolute atomic E-state index is 11.1. The molecule has 0 radical (unpaired) electrons. The Kier molecular flexibility index (Phi) is 3.96. The Balaban J connectivity index is 1.74. The number of anilines is 1. The van der Waals surface area contributed by atoms with E-state index in [1.54, 1.807) is 12.1 Å². The molecule has 0 amide bonds. The molecule has 25 heavy (non-hydrogen) atoms. The summed E-state index contributed by atoms with van der Waals surface area (Å²) in [5.41, 5.74) is 3.77. The van der Waals surface area contributed by atoms with E-state index in [-0.39, 0.29) is 6.04 Å². The monoisotopic (exact) mass is 335 g/mol. The summed E-state index contributed by atoms with van der Waals surface area (Å²) in [4.78, 5) is 11.1. The van der Waals surface area contributed by atoms with Crippen molar-refractivity contribution in [3.63, 3.8) is 0 Å². The fourth-order valence-corrected chi connectivity index (χ4v) is 4.03. The average Bonchev–Trinajstić information content (AvgIpc) is 3.12. The Morgan fingerprint density at radius 2 is 2.04 bits per heavy atom. The third-order valence-corrected chi connectivity index (χ3v) is 5.18. The van der Waals surface area contributed by atoms with Gasteiger partial charge in [-0.3, -0.25) is 0 Å². The molecular weight excluding hydrogens is 314 g/mol. The van der Waals surface area contributed by atoms with E-state index < -0.39 is 5.97 Å². The highest BCUT2D eigenvalue weighted by Crippen LogP contribution is 2.52. The number of benzene rings is 2. The van der Waals surface area contributed by atoms with Gasteiger partial charge >= 0.3 is 5.97 Å². The lowest BCUT2D eigenvalue weighted by molar-refractivity contribution is 0.0697. The number of carboxylic acids is 1. The summed E-state index contributed by atoms with van der Waals surface area (Å²) < 4.78 is 5.82. The zero-order chi connectivity index (χ0) is 17.4. The molecule has 2 aliphatic rings. The van der Waals surface area contributed by atoms with Gasteiger partial charge in [-0.2, -0.15) is 0 Å². The van der Waals surface area contributed by atoms with Crippen LogP contribution in [0.2, 0.25) is 0 Å². The van der Waals surface area contributed by atoms with Crippen LogP contribution in [-0.4, -0.2) is 17.7 Å². The first-order valence-corrected chi connectivity index (χ1v) is 8.71. The highest BCUT2D eigenvalue weighted by atomic mass is 16.5. The summed E-state index contributed by atoms with van der Waals surface area (Å²) >= 11 is 0. The second kappa shape index (κ2) is 6.28. The van der Waals surface area contributed by atoms with E-state index in [0.29, 0.717) is 24.0 Å². The smallest absolute Gasteiger partial charge is 0.335 e. The Hall–Kier alpha value is -2.75. The molecule has 0 aromatic heterocycles. The van der Waals surface area contributed by atoms with Gasteiger partial charge in [0.05, 0.1) is 23.9 Å². The van der Waals surface area contributed by atoms with Crippen molar-refractivity contribution < 1.29 is 14.6 Å². The van der Waals surface area contributed by atoms with E-state index in [4.69, 9.17) is 9.84 Å². The van der Waals surface area contributed by atoms with Crippen molar-refractivity contribution in [2.45, 2.75) is 25.3 Å². The number of aromatic carboxylic acids is 1. The minimum Gasteiger partial charge on any atom is -0.492 e. The molecule has 4 heteroatoms. The maximum Gasteiger partial charge on any atom is 0.335 e. The van der Waals surface area contributed by atoms with E-state index in [1.807, 2.05) is 25.1 Å². The van der Waals surface area contributed by atoms with Crippen LogP contribution in [0.25, 0.3) is 0 Å². The first-order chi connectivity index (χ1) is 12.2. The summed E-state index contributed by atoms with van der Waals surface area (Å²) in [5, 5.41) is 12.8. The van der Waals surface area contributed by atoms with Crippen LogP contribution in [0.4, 0.5) is 5.69 Å². The van der Waals surface area contributed by atoms with Gasteiger partial charge in [0.25, 0.3) is 0 Å². The second-order valence-corrected chi connectivity index (χ2v) is 6.56. The highest BCUT2D eigenvalue weighted by molar-refractivity contribution is 5.87. The van der Waals surface area contributed by atoms with Crippen LogP contribution in [-0.2, 0) is 0 Å². The zero-order valence-electron chi connectivity index (χ0n) is 14.1. The van der Waals surface area contributed by atoms with Gasteiger partial charge in [0.15, 0.2) is 0 Å². The van der Waals surface area contributed by atoms with Crippen molar-refractivity contribution in [2.24, 2.45) is 5.92 Å². The van der Waals surface area contributed by atoms with E-state index in [0.717, 1.165) is 23.4 Å². The maximum atomic E-state index is 11.1. The quantitative estimate of drug-likeness (QED) is 0.801. The highest BCUT2D eigenvalue weighted by Gasteiger charge is 2.38. The number of fused-ring (bicyclic) bond motifs is 3. The minimum atomic E-state index is -0.896. The molecule has 0 bridgehead atoms. The van der Waals surface area contributed by atoms with Crippen molar-refractivity contribution in [1.29, 1.82) is 0 Å². The molecule has 0 spiro atoms. The number of hydrogen-bond acceptors (Lipinski definition) is 3. The third kappa shape index (κ3) is 2.68. The van der Waals surface area contributed by atoms with Crippen molar-refractivity contribution >= 4 is 11.7 Å². The Bertz CT molecular complexity index is 826. The fraction of sp³-hybridized carbons (Fsp3) is 0.286. The van der Waals surface area contributed by atoms with Crippen molar-refractivity contribution in [1.82, 2.24) is 0 Å². The lowest BCUT2D eigenvalue weighted by Gasteiger charge is -2.38. The van der Waals surface area contributed by atoms with E-state index in [1.165, 1.54) is 5.56 Å². The number of carbonyl (C=O) groups is 1. The Labute approximate surface area is 147 Å². The number of ether oxygens (including phenoxy) is 1. The van der Waals surface area contributed by atoms with Gasteiger partial charge in [0.1, 0.15) is 5.75 Å². The molecule has 2 aromatic rings. The number of rotatable bonds is 4. The summed E-state index contributed by atoms with van der Waals surface area (Å²) in [6.45, 7) is 2.61. The summed E-state index contributed by atoms with van der Waals surface area (Å²) in [6.07, 6.45) is 5.55. The Morgan fingerprint density at radius 1 is 1.24 bits per heavy atom. The molecule has 1 aliphatic carbocycles. The standard InChI is InChI=1S/C21H21NO3/c1-2-25-18-8-4-7-17-15-5-3-6-16(15)19(22-20(17)18)13-9-11-14(12-10-13)21(23)24/h3-5,7-12,15-16,19,22H,2,6H2,1H3,(H,23,24)/t15-,16+,19-/m0/s1. The molecule has 1 heterocycles. The van der Waals surface area contributed by atoms with Gasteiger partial charge in [-0.1, -0.05) is 36.4 Å². The molecule has 0 saturated carbocycles. The predicted molar refractivity (Wildman–Crippen MR) is 97.4 cm³/mol. The van der Waals surface area contributed by atoms with Crippen LogP contribution in [0.5, 0.6) is 5.75 Å². The zero-order valence-corrected chi connectivity index (χ0v) is 14.1. The summed E-state index contributed by atoms with van der Waals surface area (Å²) in [7, 11) is 0. The van der Waals surface area contributed by atoms with Gasteiger partial charge in [-0.15, -0.1) is 0 Å². The average molecular weight is 335 g/mol. The van der Waals surface area contributed by atoms with Gasteiger partial charge < -0.3 is 15.2 Å². The van der Waals surface area contributed by atoms with Crippen LogP contribution in [0.15, 0.2) is 54.6 Å². The Morgan fingerprint density at radius 3 is 2.76 bits per heavy atom. The lowest BCUT2D eigenvalue weighted by Crippen LogP contribution is -2.29. The van der Waals surface area contributed by atoms with Gasteiger partial charge in [-0.05, 0) is 48.6 Å². The largest absolute Gasteiger partial charge is 0.492 e. The molecule has 2 aromatic carbocycles. The van der Waals surface area contributed by atoms with Crippen LogP contribution < -0.4 is 10.1 Å². The number of nitrogens with one attached hydrogen (secondary N) is 1. The molecule has 1 aliphatic heterocycles. The lowest BCUT2D eigenvalue weighted by atomic mass is 9.77. The number of para-hydroxylation sites is 1. The summed E-state index contributed by atoms with van der Waals surface area (Å²) in [6, 6.07) is 13.6. The first kappa shape index (κ1) is 15.8. The van der Waals surface area contributed by atoms with Crippen molar-refractivity contribution in [3.05, 3.63) is 71.3 Å². The van der Waals surface area contributed by atoms with Crippen molar-refractivity contribution in [3.8, 4) is 5.75 Å². The topological polar surface area (TPSA) is 58.6 Å². The predicted octanol–water partition coefficient (Wildman–Crippen LogP) is 4.61. The normalized spacial score (nSPS) is 23.5. The van der Waals surface area contributed by atoms with Gasteiger partial charge in [-0.25, -0.2) is 4.79 Å². The molecule has 0 saturated heterocycles. The molecule has 2 N–H and O–H groups in total. The minimum absolute atomic E-state index is 0.136. The molecule has 0 unspecified atom stereocenters. The van der Waals surface area contributed by atoms with Crippen LogP contribution >= 0.6 is 0 Å². The number of carboxylic acid groups (broad SMARTS) is 1. The van der Waals surface area contributed by atoms with E-state index in [9.17, 15) is 4.79 Å². The molecule has 3 atom stereocenters. The van der Waals surface area contributed by atoms with E-state index >= 15 is 0 Å². The van der Waals surface area contributed by atoms with Crippen LogP contribution in [0.3, 0.4) is 0 Å². The van der Waals surface area contributed by atoms with E-state index in [2.05, 4.69) is 29.6 Å². The number of hydrogen-bond donors (Lipinski definition) is 2. The number of allylic oxidation sites excluding steroid dienone is 2.